The Labute approximate surface area is 125 Å². The zero-order chi connectivity index (χ0) is 15.1. The van der Waals surface area contributed by atoms with Crippen LogP contribution in [0.4, 0.5) is 0 Å². The van der Waals surface area contributed by atoms with Crippen LogP contribution in [-0.4, -0.2) is 32.8 Å². The van der Waals surface area contributed by atoms with Gasteiger partial charge in [-0.2, -0.15) is 0 Å². The lowest BCUT2D eigenvalue weighted by atomic mass is 9.85. The van der Waals surface area contributed by atoms with Crippen LogP contribution >= 0.6 is 11.3 Å². The minimum atomic E-state index is -1.03. The molecule has 1 aliphatic carbocycles. The summed E-state index contributed by atoms with van der Waals surface area (Å²) < 4.78 is 0. The molecule has 2 aliphatic rings. The number of carbonyl (C=O) groups is 3. The van der Waals surface area contributed by atoms with Gasteiger partial charge in [-0.15, -0.1) is 11.3 Å². The lowest BCUT2D eigenvalue weighted by Gasteiger charge is -2.14. The third-order valence-corrected chi connectivity index (χ3v) is 5.06. The average Bonchev–Trinajstić information content (AvgIpc) is 2.94. The highest BCUT2D eigenvalue weighted by molar-refractivity contribution is 7.13. The fourth-order valence-corrected chi connectivity index (χ4v) is 3.77. The minimum Gasteiger partial charge on any atom is -0.477 e. The van der Waals surface area contributed by atoms with Crippen LogP contribution in [0, 0.1) is 18.8 Å². The van der Waals surface area contributed by atoms with Gasteiger partial charge in [0.1, 0.15) is 9.88 Å². The minimum absolute atomic E-state index is 0.0729. The van der Waals surface area contributed by atoms with Gasteiger partial charge in [-0.25, -0.2) is 9.78 Å². The first-order chi connectivity index (χ1) is 9.99. The highest BCUT2D eigenvalue weighted by Crippen LogP contribution is 2.36. The molecule has 1 aliphatic heterocycles. The summed E-state index contributed by atoms with van der Waals surface area (Å²) in [6, 6.07) is 0. The average molecular weight is 306 g/mol. The number of hydrogen-bond acceptors (Lipinski definition) is 5. The quantitative estimate of drug-likeness (QED) is 0.677. The topological polar surface area (TPSA) is 87.6 Å². The fraction of sp³-hybridized carbons (Fsp3) is 0.429. The molecule has 1 aromatic rings. The van der Waals surface area contributed by atoms with E-state index in [1.54, 1.807) is 6.92 Å². The molecule has 6 nitrogen and oxygen atoms in total. The number of rotatable bonds is 3. The van der Waals surface area contributed by atoms with E-state index in [4.69, 9.17) is 5.11 Å². The summed E-state index contributed by atoms with van der Waals surface area (Å²) in [5.74, 6) is -1.89. The number of fused-ring (bicyclic) bond motifs is 1. The first-order valence-corrected chi connectivity index (χ1v) is 7.50. The van der Waals surface area contributed by atoms with Gasteiger partial charge in [0.25, 0.3) is 0 Å². The number of carboxylic acid groups (broad SMARTS) is 1. The van der Waals surface area contributed by atoms with Gasteiger partial charge < -0.3 is 5.11 Å². The molecule has 1 saturated heterocycles. The summed E-state index contributed by atoms with van der Waals surface area (Å²) >= 11 is 1.02. The first kappa shape index (κ1) is 13.9. The lowest BCUT2D eigenvalue weighted by molar-refractivity contribution is -0.140. The van der Waals surface area contributed by atoms with E-state index in [-0.39, 0.29) is 35.1 Å². The van der Waals surface area contributed by atoms with Crippen molar-refractivity contribution >= 4 is 29.1 Å². The molecule has 2 unspecified atom stereocenters. The lowest BCUT2D eigenvalue weighted by Crippen LogP contribution is -2.30. The van der Waals surface area contributed by atoms with Crippen LogP contribution < -0.4 is 0 Å². The maximum absolute atomic E-state index is 12.3. The number of imide groups is 1. The smallest absolute Gasteiger partial charge is 0.347 e. The Morgan fingerprint density at radius 3 is 2.38 bits per heavy atom. The summed E-state index contributed by atoms with van der Waals surface area (Å²) in [6.07, 6.45) is 5.07. The number of carbonyl (C=O) groups excluding carboxylic acids is 2. The fourth-order valence-electron chi connectivity index (χ4n) is 2.88. The zero-order valence-corrected chi connectivity index (χ0v) is 12.2. The van der Waals surface area contributed by atoms with Gasteiger partial charge in [-0.05, 0) is 19.8 Å². The molecule has 2 atom stereocenters. The van der Waals surface area contributed by atoms with Crippen LogP contribution in [0.5, 0.6) is 0 Å². The monoisotopic (exact) mass is 306 g/mol. The summed E-state index contributed by atoms with van der Waals surface area (Å²) in [5, 5.41) is 9.51. The number of aryl methyl sites for hydroxylation is 1. The van der Waals surface area contributed by atoms with Crippen LogP contribution in [0.2, 0.25) is 0 Å². The zero-order valence-electron chi connectivity index (χ0n) is 11.4. The van der Waals surface area contributed by atoms with E-state index in [1.165, 1.54) is 4.90 Å². The molecule has 3 rings (SSSR count). The van der Waals surface area contributed by atoms with Gasteiger partial charge in [0.15, 0.2) is 0 Å². The van der Waals surface area contributed by atoms with Crippen molar-refractivity contribution in [1.29, 1.82) is 0 Å². The van der Waals surface area contributed by atoms with Crippen LogP contribution in [0.1, 0.15) is 33.2 Å². The standard InChI is InChI=1S/C14H14N2O4S/c1-7-11(14(19)20)21-10(15-7)6-16-12(17)8-4-2-3-5-9(8)13(16)18/h2-3,8-9H,4-6H2,1H3,(H,19,20). The first-order valence-electron chi connectivity index (χ1n) is 6.69. The Hall–Kier alpha value is -2.02. The molecular weight excluding hydrogens is 292 g/mol. The maximum Gasteiger partial charge on any atom is 0.347 e. The third kappa shape index (κ3) is 2.27. The van der Waals surface area contributed by atoms with Crippen molar-refractivity contribution in [3.63, 3.8) is 0 Å². The van der Waals surface area contributed by atoms with Crippen molar-refractivity contribution in [2.75, 3.05) is 0 Å². The van der Waals surface area contributed by atoms with Crippen LogP contribution in [0.25, 0.3) is 0 Å². The van der Waals surface area contributed by atoms with Gasteiger partial charge in [-0.1, -0.05) is 12.2 Å². The van der Waals surface area contributed by atoms with E-state index in [9.17, 15) is 14.4 Å². The van der Waals surface area contributed by atoms with Crippen LogP contribution in [0.15, 0.2) is 12.2 Å². The second kappa shape index (κ2) is 5.07. The molecule has 0 radical (unpaired) electrons. The number of allylic oxidation sites excluding steroid dienone is 2. The summed E-state index contributed by atoms with van der Waals surface area (Å²) in [5.41, 5.74) is 0.417. The van der Waals surface area contributed by atoms with E-state index in [0.29, 0.717) is 23.5 Å². The van der Waals surface area contributed by atoms with E-state index < -0.39 is 5.97 Å². The molecule has 2 heterocycles. The van der Waals surface area contributed by atoms with Gasteiger partial charge in [0, 0.05) is 0 Å². The van der Waals surface area contributed by atoms with Crippen molar-refractivity contribution in [3.05, 3.63) is 27.7 Å². The molecule has 0 saturated carbocycles. The Morgan fingerprint density at radius 1 is 1.33 bits per heavy atom. The molecule has 1 aromatic heterocycles. The molecular formula is C14H14N2O4S. The summed E-state index contributed by atoms with van der Waals surface area (Å²) in [7, 11) is 0. The highest BCUT2D eigenvalue weighted by atomic mass is 32.1. The second-order valence-corrected chi connectivity index (χ2v) is 6.33. The molecule has 0 bridgehead atoms. The van der Waals surface area contributed by atoms with E-state index in [0.717, 1.165) is 11.3 Å². The number of amides is 2. The second-order valence-electron chi connectivity index (χ2n) is 5.25. The largest absolute Gasteiger partial charge is 0.477 e. The molecule has 7 heteroatoms. The molecule has 0 spiro atoms. The molecule has 110 valence electrons. The number of nitrogens with zero attached hydrogens (tertiary/aromatic N) is 2. The normalized spacial score (nSPS) is 24.5. The van der Waals surface area contributed by atoms with Crippen molar-refractivity contribution in [2.45, 2.75) is 26.3 Å². The van der Waals surface area contributed by atoms with Gasteiger partial charge >= 0.3 is 5.97 Å². The summed E-state index contributed by atoms with van der Waals surface area (Å²) in [4.78, 5) is 41.2. The van der Waals surface area contributed by atoms with Gasteiger partial charge in [0.2, 0.25) is 11.8 Å². The van der Waals surface area contributed by atoms with E-state index in [2.05, 4.69) is 4.98 Å². The predicted molar refractivity (Wildman–Crippen MR) is 74.7 cm³/mol. The maximum atomic E-state index is 12.3. The highest BCUT2D eigenvalue weighted by Gasteiger charge is 2.47. The number of thiazole rings is 1. The Morgan fingerprint density at radius 2 is 1.90 bits per heavy atom. The van der Waals surface area contributed by atoms with E-state index in [1.807, 2.05) is 12.2 Å². The molecule has 2 amide bonds. The number of aromatic nitrogens is 1. The van der Waals surface area contributed by atoms with Gasteiger partial charge in [-0.3, -0.25) is 14.5 Å². The Kier molecular flexibility index (Phi) is 3.36. The van der Waals surface area contributed by atoms with Crippen molar-refractivity contribution in [1.82, 2.24) is 9.88 Å². The predicted octanol–water partition coefficient (Wildman–Crippen LogP) is 1.60. The number of likely N-dealkylation sites (tertiary alicyclic amines) is 1. The number of hydrogen-bond donors (Lipinski definition) is 1. The summed E-state index contributed by atoms with van der Waals surface area (Å²) in [6.45, 7) is 1.68. The molecule has 1 fully saturated rings. The van der Waals surface area contributed by atoms with Crippen molar-refractivity contribution < 1.29 is 19.5 Å². The molecule has 0 aromatic carbocycles. The third-order valence-electron chi connectivity index (χ3n) is 3.93. The number of aromatic carboxylic acids is 1. The van der Waals surface area contributed by atoms with Gasteiger partial charge in [0.05, 0.1) is 24.1 Å². The van der Waals surface area contributed by atoms with E-state index >= 15 is 0 Å². The Bertz CT molecular complexity index is 638. The van der Waals surface area contributed by atoms with Crippen LogP contribution in [-0.2, 0) is 16.1 Å². The van der Waals surface area contributed by atoms with Crippen molar-refractivity contribution in [2.24, 2.45) is 11.8 Å². The number of carboxylic acids is 1. The SMILES string of the molecule is Cc1nc(CN2C(=O)C3CC=CCC3C2=O)sc1C(=O)O. The van der Waals surface area contributed by atoms with Crippen molar-refractivity contribution in [3.8, 4) is 0 Å². The molecule has 1 N–H and O–H groups in total. The molecule has 21 heavy (non-hydrogen) atoms. The Balaban J connectivity index is 1.82. The van der Waals surface area contributed by atoms with Crippen LogP contribution in [0.3, 0.4) is 0 Å².